The lowest BCUT2D eigenvalue weighted by Gasteiger charge is -2.20. The van der Waals surface area contributed by atoms with Crippen molar-refractivity contribution in [1.82, 2.24) is 5.32 Å². The molecule has 1 N–H and O–H groups in total. The van der Waals surface area contributed by atoms with Gasteiger partial charge < -0.3 is 10.1 Å². The van der Waals surface area contributed by atoms with Crippen molar-refractivity contribution in [2.45, 2.75) is 13.0 Å². The summed E-state index contributed by atoms with van der Waals surface area (Å²) in [6.07, 6.45) is 0. The van der Waals surface area contributed by atoms with Gasteiger partial charge in [-0.2, -0.15) is 0 Å². The first kappa shape index (κ1) is 15.4. The van der Waals surface area contributed by atoms with Crippen LogP contribution < -0.4 is 10.1 Å². The summed E-state index contributed by atoms with van der Waals surface area (Å²) in [6.45, 7) is 2.04. The molecule has 4 heteroatoms. The summed E-state index contributed by atoms with van der Waals surface area (Å²) in [7, 11) is 3.62. The minimum absolute atomic E-state index is 0.0459. The minimum Gasteiger partial charge on any atom is -0.496 e. The van der Waals surface area contributed by atoms with Crippen molar-refractivity contribution in [3.8, 4) is 5.75 Å². The second kappa shape index (κ2) is 6.61. The van der Waals surface area contributed by atoms with Crippen LogP contribution in [0.2, 0.25) is 5.02 Å². The van der Waals surface area contributed by atoms with Crippen LogP contribution in [-0.4, -0.2) is 14.2 Å². The fourth-order valence-corrected chi connectivity index (χ4v) is 2.94. The highest BCUT2D eigenvalue weighted by molar-refractivity contribution is 9.10. The van der Waals surface area contributed by atoms with Crippen molar-refractivity contribution in [1.29, 1.82) is 0 Å². The van der Waals surface area contributed by atoms with Crippen LogP contribution >= 0.6 is 27.5 Å². The maximum atomic E-state index is 6.40. The highest BCUT2D eigenvalue weighted by Gasteiger charge is 2.17. The first-order chi connectivity index (χ1) is 9.58. The Hall–Kier alpha value is -1.03. The van der Waals surface area contributed by atoms with Gasteiger partial charge in [0.25, 0.3) is 0 Å². The van der Waals surface area contributed by atoms with E-state index in [2.05, 4.69) is 33.4 Å². The summed E-state index contributed by atoms with van der Waals surface area (Å²) in [5, 5.41) is 4.06. The highest BCUT2D eigenvalue weighted by atomic mass is 79.9. The molecule has 0 aliphatic carbocycles. The molecule has 2 nitrogen and oxygen atoms in total. The SMILES string of the molecule is CNC(c1ccc(OC)c(C)c1)c1cccc(Br)c1Cl. The molecule has 0 amide bonds. The van der Waals surface area contributed by atoms with Gasteiger partial charge in [-0.15, -0.1) is 0 Å². The molecule has 1 unspecified atom stereocenters. The van der Waals surface area contributed by atoms with E-state index in [1.165, 1.54) is 0 Å². The molecule has 2 rings (SSSR count). The maximum absolute atomic E-state index is 6.40. The van der Waals surface area contributed by atoms with Crippen LogP contribution in [0.4, 0.5) is 0 Å². The molecule has 0 radical (unpaired) electrons. The zero-order valence-electron chi connectivity index (χ0n) is 11.7. The maximum Gasteiger partial charge on any atom is 0.121 e. The summed E-state index contributed by atoms with van der Waals surface area (Å²) in [5.74, 6) is 0.893. The molecule has 0 spiro atoms. The minimum atomic E-state index is 0.0459. The summed E-state index contributed by atoms with van der Waals surface area (Å²) in [5.41, 5.74) is 3.32. The summed E-state index contributed by atoms with van der Waals surface area (Å²) in [6, 6.07) is 12.2. The molecule has 20 heavy (non-hydrogen) atoms. The van der Waals surface area contributed by atoms with Crippen molar-refractivity contribution < 1.29 is 4.74 Å². The monoisotopic (exact) mass is 353 g/mol. The topological polar surface area (TPSA) is 21.3 Å². The molecule has 2 aromatic carbocycles. The number of hydrogen-bond donors (Lipinski definition) is 1. The van der Waals surface area contributed by atoms with E-state index in [0.29, 0.717) is 0 Å². The Morgan fingerprint density at radius 2 is 2.00 bits per heavy atom. The first-order valence-corrected chi connectivity index (χ1v) is 7.51. The molecule has 0 bridgehead atoms. The van der Waals surface area contributed by atoms with Crippen LogP contribution in [0, 0.1) is 6.92 Å². The third-order valence-corrected chi connectivity index (χ3v) is 4.64. The molecule has 0 fully saturated rings. The van der Waals surface area contributed by atoms with Crippen molar-refractivity contribution in [3.05, 3.63) is 62.6 Å². The first-order valence-electron chi connectivity index (χ1n) is 6.34. The van der Waals surface area contributed by atoms with Gasteiger partial charge in [0.1, 0.15) is 5.75 Å². The Kier molecular flexibility index (Phi) is 5.08. The van der Waals surface area contributed by atoms with Crippen LogP contribution in [0.3, 0.4) is 0 Å². The normalized spacial score (nSPS) is 12.2. The molecule has 0 aromatic heterocycles. The average molecular weight is 355 g/mol. The molecule has 106 valence electrons. The van der Waals surface area contributed by atoms with E-state index in [0.717, 1.165) is 31.9 Å². The van der Waals surface area contributed by atoms with Crippen LogP contribution in [-0.2, 0) is 0 Å². The van der Waals surface area contributed by atoms with Gasteiger partial charge in [-0.05, 0) is 58.7 Å². The van der Waals surface area contributed by atoms with Gasteiger partial charge in [-0.25, -0.2) is 0 Å². The number of hydrogen-bond acceptors (Lipinski definition) is 2. The lowest BCUT2D eigenvalue weighted by atomic mass is 9.97. The van der Waals surface area contributed by atoms with Crippen molar-refractivity contribution in [2.75, 3.05) is 14.2 Å². The molecule has 2 aromatic rings. The molecule has 0 saturated heterocycles. The third-order valence-electron chi connectivity index (χ3n) is 3.33. The molecule has 1 atom stereocenters. The summed E-state index contributed by atoms with van der Waals surface area (Å²) in [4.78, 5) is 0. The van der Waals surface area contributed by atoms with E-state index in [1.54, 1.807) is 7.11 Å². The number of methoxy groups -OCH3 is 1. The second-order valence-electron chi connectivity index (χ2n) is 4.59. The van der Waals surface area contributed by atoms with Crippen molar-refractivity contribution in [2.24, 2.45) is 0 Å². The Labute approximate surface area is 133 Å². The largest absolute Gasteiger partial charge is 0.496 e. The van der Waals surface area contributed by atoms with Gasteiger partial charge in [0.05, 0.1) is 18.2 Å². The van der Waals surface area contributed by atoms with Crippen LogP contribution in [0.1, 0.15) is 22.7 Å². The van der Waals surface area contributed by atoms with Gasteiger partial charge in [-0.1, -0.05) is 35.9 Å². The Balaban J connectivity index is 2.47. The van der Waals surface area contributed by atoms with Crippen molar-refractivity contribution in [3.63, 3.8) is 0 Å². The predicted molar refractivity (Wildman–Crippen MR) is 87.8 cm³/mol. The standard InChI is InChI=1S/C16H17BrClNO/c1-10-9-11(7-8-14(10)20-3)16(19-2)12-5-4-6-13(17)15(12)18/h4-9,16,19H,1-3H3. The number of nitrogens with one attached hydrogen (secondary N) is 1. The molecule has 0 saturated carbocycles. The van der Waals surface area contributed by atoms with Gasteiger partial charge in [-0.3, -0.25) is 0 Å². The number of aryl methyl sites for hydroxylation is 1. The lowest BCUT2D eigenvalue weighted by molar-refractivity contribution is 0.411. The fourth-order valence-electron chi connectivity index (χ4n) is 2.33. The molecule has 0 heterocycles. The highest BCUT2D eigenvalue weighted by Crippen LogP contribution is 2.34. The van der Waals surface area contributed by atoms with E-state index < -0.39 is 0 Å². The number of benzene rings is 2. The smallest absolute Gasteiger partial charge is 0.121 e. The number of halogens is 2. The van der Waals surface area contributed by atoms with E-state index in [4.69, 9.17) is 16.3 Å². The Bertz CT molecular complexity index is 615. The molecule has 0 aliphatic heterocycles. The number of rotatable bonds is 4. The zero-order valence-corrected chi connectivity index (χ0v) is 14.0. The lowest BCUT2D eigenvalue weighted by Crippen LogP contribution is -2.18. The molecular formula is C16H17BrClNO. The number of ether oxygens (including phenoxy) is 1. The zero-order chi connectivity index (χ0) is 14.7. The van der Waals surface area contributed by atoms with Gasteiger partial charge in [0, 0.05) is 4.47 Å². The third kappa shape index (κ3) is 3.00. The Morgan fingerprint density at radius 3 is 2.60 bits per heavy atom. The molecular weight excluding hydrogens is 338 g/mol. The average Bonchev–Trinajstić information content (AvgIpc) is 2.44. The second-order valence-corrected chi connectivity index (χ2v) is 5.83. The van der Waals surface area contributed by atoms with Crippen LogP contribution in [0.15, 0.2) is 40.9 Å². The van der Waals surface area contributed by atoms with Crippen LogP contribution in [0.25, 0.3) is 0 Å². The predicted octanol–water partition coefficient (Wildman–Crippen LogP) is 4.73. The Morgan fingerprint density at radius 1 is 1.25 bits per heavy atom. The van der Waals surface area contributed by atoms with E-state index >= 15 is 0 Å². The van der Waals surface area contributed by atoms with E-state index in [9.17, 15) is 0 Å². The fraction of sp³-hybridized carbons (Fsp3) is 0.250. The quantitative estimate of drug-likeness (QED) is 0.857. The summed E-state index contributed by atoms with van der Waals surface area (Å²) < 4.78 is 6.21. The van der Waals surface area contributed by atoms with E-state index in [1.807, 2.05) is 38.2 Å². The van der Waals surface area contributed by atoms with Gasteiger partial charge in [0.2, 0.25) is 0 Å². The molecule has 0 aliphatic rings. The van der Waals surface area contributed by atoms with E-state index in [-0.39, 0.29) is 6.04 Å². The van der Waals surface area contributed by atoms with Crippen LogP contribution in [0.5, 0.6) is 5.75 Å². The van der Waals surface area contributed by atoms with Crippen molar-refractivity contribution >= 4 is 27.5 Å². The van der Waals surface area contributed by atoms with Gasteiger partial charge in [0.15, 0.2) is 0 Å². The summed E-state index contributed by atoms with van der Waals surface area (Å²) >= 11 is 9.88. The van der Waals surface area contributed by atoms with Gasteiger partial charge >= 0.3 is 0 Å².